The highest BCUT2D eigenvalue weighted by atomic mass is 35.5. The van der Waals surface area contributed by atoms with Gasteiger partial charge in [-0.25, -0.2) is 9.59 Å². The van der Waals surface area contributed by atoms with Crippen LogP contribution in [0.25, 0.3) is 0 Å². The lowest BCUT2D eigenvalue weighted by Crippen LogP contribution is -2.39. The molecule has 0 aliphatic rings. The van der Waals surface area contributed by atoms with Crippen LogP contribution in [0.5, 0.6) is 0 Å². The number of benzene rings is 1. The van der Waals surface area contributed by atoms with Gasteiger partial charge in [-0.3, -0.25) is 5.32 Å². The van der Waals surface area contributed by atoms with Gasteiger partial charge >= 0.3 is 12.2 Å². The highest BCUT2D eigenvalue weighted by Gasteiger charge is 2.14. The van der Waals surface area contributed by atoms with Crippen LogP contribution in [0.3, 0.4) is 0 Å². The minimum Gasteiger partial charge on any atom is -0.449 e. The molecule has 0 aromatic heterocycles. The van der Waals surface area contributed by atoms with E-state index in [-0.39, 0.29) is 18.6 Å². The zero-order valence-electron chi connectivity index (χ0n) is 13.6. The maximum absolute atomic E-state index is 11.7. The predicted molar refractivity (Wildman–Crippen MR) is 89.8 cm³/mol. The van der Waals surface area contributed by atoms with Crippen molar-refractivity contribution in [2.75, 3.05) is 18.5 Å². The largest absolute Gasteiger partial charge is 0.449 e. The van der Waals surface area contributed by atoms with Gasteiger partial charge < -0.3 is 14.8 Å². The third-order valence-electron chi connectivity index (χ3n) is 2.85. The average molecular weight is 343 g/mol. The molecule has 0 saturated carbocycles. The van der Waals surface area contributed by atoms with E-state index in [1.807, 2.05) is 20.8 Å². The molecular weight excluding hydrogens is 320 g/mol. The summed E-state index contributed by atoms with van der Waals surface area (Å²) in [5.74, 6) is 0.264. The van der Waals surface area contributed by atoms with Crippen molar-refractivity contribution in [1.82, 2.24) is 5.32 Å². The molecule has 128 valence electrons. The molecule has 6 nitrogen and oxygen atoms in total. The Bertz CT molecular complexity index is 523. The van der Waals surface area contributed by atoms with E-state index in [9.17, 15) is 9.59 Å². The molecular formula is C16H23ClN2O4. The Hall–Kier alpha value is -1.95. The van der Waals surface area contributed by atoms with Crippen molar-refractivity contribution in [3.63, 3.8) is 0 Å². The number of anilines is 1. The highest BCUT2D eigenvalue weighted by Crippen LogP contribution is 2.15. The van der Waals surface area contributed by atoms with Gasteiger partial charge in [0.1, 0.15) is 6.61 Å². The fraction of sp³-hybridized carbons (Fsp3) is 0.500. The van der Waals surface area contributed by atoms with E-state index in [0.717, 1.165) is 0 Å². The van der Waals surface area contributed by atoms with Crippen molar-refractivity contribution in [3.8, 4) is 0 Å². The van der Waals surface area contributed by atoms with Crippen LogP contribution in [-0.4, -0.2) is 31.4 Å². The summed E-state index contributed by atoms with van der Waals surface area (Å²) < 4.78 is 10.1. The molecule has 0 spiro atoms. The maximum atomic E-state index is 11.7. The van der Waals surface area contributed by atoms with Crippen molar-refractivity contribution in [1.29, 1.82) is 0 Å². The van der Waals surface area contributed by atoms with Crippen molar-refractivity contribution >= 4 is 29.5 Å². The van der Waals surface area contributed by atoms with E-state index in [2.05, 4.69) is 10.6 Å². The summed E-state index contributed by atoms with van der Waals surface area (Å²) in [6, 6.07) is 6.43. The van der Waals surface area contributed by atoms with Gasteiger partial charge in [0.05, 0.1) is 12.6 Å². The summed E-state index contributed by atoms with van der Waals surface area (Å²) in [4.78, 5) is 23.3. The molecule has 7 heteroatoms. The minimum atomic E-state index is -0.608. The molecule has 0 heterocycles. The quantitative estimate of drug-likeness (QED) is 0.783. The first-order valence-electron chi connectivity index (χ1n) is 7.53. The van der Waals surface area contributed by atoms with Gasteiger partial charge in [0.2, 0.25) is 0 Å². The molecule has 1 aromatic carbocycles. The van der Waals surface area contributed by atoms with Crippen molar-refractivity contribution < 1.29 is 19.1 Å². The van der Waals surface area contributed by atoms with E-state index in [4.69, 9.17) is 21.1 Å². The number of carbonyl (C=O) groups is 2. The van der Waals surface area contributed by atoms with E-state index in [1.54, 1.807) is 24.3 Å². The van der Waals surface area contributed by atoms with Crippen LogP contribution < -0.4 is 10.6 Å². The fourth-order valence-corrected chi connectivity index (χ4v) is 1.80. The van der Waals surface area contributed by atoms with Gasteiger partial charge in [0.25, 0.3) is 0 Å². The summed E-state index contributed by atoms with van der Waals surface area (Å²) >= 11 is 5.83. The molecule has 2 amide bonds. The molecule has 0 saturated heterocycles. The first kappa shape index (κ1) is 19.1. The normalized spacial score (nSPS) is 11.7. The number of ether oxygens (including phenoxy) is 2. The zero-order chi connectivity index (χ0) is 17.2. The average Bonchev–Trinajstić information content (AvgIpc) is 2.49. The summed E-state index contributed by atoms with van der Waals surface area (Å²) in [6.07, 6.45) is -0.506. The van der Waals surface area contributed by atoms with Gasteiger partial charge in [0, 0.05) is 10.7 Å². The Morgan fingerprint density at radius 2 is 1.87 bits per heavy atom. The second kappa shape index (κ2) is 9.94. The number of hydrogen-bond donors (Lipinski definition) is 2. The lowest BCUT2D eigenvalue weighted by atomic mass is 10.2. The first-order chi connectivity index (χ1) is 10.9. The highest BCUT2D eigenvalue weighted by molar-refractivity contribution is 6.30. The van der Waals surface area contributed by atoms with Gasteiger partial charge in [-0.05, 0) is 30.5 Å². The molecule has 1 aromatic rings. The summed E-state index contributed by atoms with van der Waals surface area (Å²) in [7, 11) is 0. The third kappa shape index (κ3) is 8.30. The molecule has 1 unspecified atom stereocenters. The number of amides is 2. The van der Waals surface area contributed by atoms with Gasteiger partial charge in [0.15, 0.2) is 0 Å². The standard InChI is InChI=1S/C16H23ClN2O4/c1-4-13(18-15(20)22-9-11(2)3)10-23-16(21)19-14-7-5-6-12(17)8-14/h5-8,11,13H,4,9-10H2,1-3H3,(H,18,20)(H,19,21). The number of rotatable bonds is 7. The van der Waals surface area contributed by atoms with Crippen LogP contribution in [0.2, 0.25) is 5.02 Å². The Morgan fingerprint density at radius 1 is 1.17 bits per heavy atom. The molecule has 2 N–H and O–H groups in total. The number of nitrogens with one attached hydrogen (secondary N) is 2. The molecule has 0 fully saturated rings. The first-order valence-corrected chi connectivity index (χ1v) is 7.91. The second-order valence-electron chi connectivity index (χ2n) is 5.48. The lowest BCUT2D eigenvalue weighted by molar-refractivity contribution is 0.116. The topological polar surface area (TPSA) is 76.7 Å². The fourth-order valence-electron chi connectivity index (χ4n) is 1.61. The zero-order valence-corrected chi connectivity index (χ0v) is 14.4. The van der Waals surface area contributed by atoms with Crippen LogP contribution >= 0.6 is 11.6 Å². The van der Waals surface area contributed by atoms with Gasteiger partial charge in [-0.2, -0.15) is 0 Å². The minimum absolute atomic E-state index is 0.0552. The van der Waals surface area contributed by atoms with E-state index in [1.165, 1.54) is 0 Å². The second-order valence-corrected chi connectivity index (χ2v) is 5.91. The van der Waals surface area contributed by atoms with Gasteiger partial charge in [-0.15, -0.1) is 0 Å². The Kier molecular flexibility index (Phi) is 8.26. The summed E-state index contributed by atoms with van der Waals surface area (Å²) in [6.45, 7) is 6.19. The lowest BCUT2D eigenvalue weighted by Gasteiger charge is -2.17. The number of alkyl carbamates (subject to hydrolysis) is 1. The molecule has 0 aliphatic carbocycles. The molecule has 0 aliphatic heterocycles. The summed E-state index contributed by atoms with van der Waals surface area (Å²) in [5, 5.41) is 5.75. The summed E-state index contributed by atoms with van der Waals surface area (Å²) in [5.41, 5.74) is 0.542. The monoisotopic (exact) mass is 342 g/mol. The maximum Gasteiger partial charge on any atom is 0.411 e. The van der Waals surface area contributed by atoms with Crippen LogP contribution in [0, 0.1) is 5.92 Å². The third-order valence-corrected chi connectivity index (χ3v) is 3.08. The van der Waals surface area contributed by atoms with Crippen LogP contribution in [-0.2, 0) is 9.47 Å². The number of carbonyl (C=O) groups excluding carboxylic acids is 2. The van der Waals surface area contributed by atoms with Crippen molar-refractivity contribution in [2.24, 2.45) is 5.92 Å². The Labute approximate surface area is 141 Å². The van der Waals surface area contributed by atoms with Gasteiger partial charge in [-0.1, -0.05) is 38.4 Å². The number of hydrogen-bond acceptors (Lipinski definition) is 4. The molecule has 0 radical (unpaired) electrons. The van der Waals surface area contributed by atoms with Crippen molar-refractivity contribution in [3.05, 3.63) is 29.3 Å². The van der Waals surface area contributed by atoms with Crippen LogP contribution in [0.4, 0.5) is 15.3 Å². The molecule has 23 heavy (non-hydrogen) atoms. The molecule has 1 rings (SSSR count). The predicted octanol–water partition coefficient (Wildman–Crippen LogP) is 4.05. The van der Waals surface area contributed by atoms with Crippen molar-refractivity contribution in [2.45, 2.75) is 33.2 Å². The van der Waals surface area contributed by atoms with E-state index < -0.39 is 12.2 Å². The Morgan fingerprint density at radius 3 is 2.48 bits per heavy atom. The van der Waals surface area contributed by atoms with Crippen LogP contribution in [0.1, 0.15) is 27.2 Å². The SMILES string of the molecule is CCC(COC(=O)Nc1cccc(Cl)c1)NC(=O)OCC(C)C. The smallest absolute Gasteiger partial charge is 0.411 e. The molecule has 0 bridgehead atoms. The van der Waals surface area contributed by atoms with E-state index in [0.29, 0.717) is 23.7 Å². The molecule has 1 atom stereocenters. The van der Waals surface area contributed by atoms with Crippen LogP contribution in [0.15, 0.2) is 24.3 Å². The Balaban J connectivity index is 2.35. The van der Waals surface area contributed by atoms with E-state index >= 15 is 0 Å². The number of halogens is 1.